The zero-order valence-electron chi connectivity index (χ0n) is 19.3. The molecule has 0 atom stereocenters. The molecule has 176 valence electrons. The van der Waals surface area contributed by atoms with Crippen LogP contribution in [0.15, 0.2) is 53.4 Å². The van der Waals surface area contributed by atoms with Gasteiger partial charge in [0.1, 0.15) is 0 Å². The molecule has 1 fully saturated rings. The topological polar surface area (TPSA) is 69.7 Å². The van der Waals surface area contributed by atoms with Crippen LogP contribution in [0.3, 0.4) is 0 Å². The number of anilines is 1. The van der Waals surface area contributed by atoms with Gasteiger partial charge in [0.05, 0.1) is 16.2 Å². The maximum atomic E-state index is 13.5. The van der Waals surface area contributed by atoms with Gasteiger partial charge in [0.2, 0.25) is 0 Å². The molecule has 34 heavy (non-hydrogen) atoms. The normalized spacial score (nSPS) is 17.5. The zero-order chi connectivity index (χ0) is 24.2. The van der Waals surface area contributed by atoms with Gasteiger partial charge in [0, 0.05) is 17.7 Å². The third kappa shape index (κ3) is 4.65. The van der Waals surface area contributed by atoms with E-state index in [1.54, 1.807) is 17.0 Å². The van der Waals surface area contributed by atoms with Crippen LogP contribution in [-0.4, -0.2) is 33.6 Å². The Balaban J connectivity index is 1.58. The van der Waals surface area contributed by atoms with Crippen LogP contribution in [0.5, 0.6) is 0 Å². The monoisotopic (exact) mass is 493 g/mol. The molecule has 2 aliphatic rings. The van der Waals surface area contributed by atoms with Gasteiger partial charge < -0.3 is 4.90 Å². The molecular formula is C26H27N3O3S2. The number of fused-ring (bicyclic) bond motifs is 1. The Bertz CT molecular complexity index is 1190. The van der Waals surface area contributed by atoms with Crippen molar-refractivity contribution in [2.45, 2.75) is 46.0 Å². The molecule has 0 saturated carbocycles. The molecule has 4 rings (SSSR count). The zero-order valence-corrected chi connectivity index (χ0v) is 20.9. The van der Waals surface area contributed by atoms with E-state index in [9.17, 15) is 14.4 Å². The van der Waals surface area contributed by atoms with Crippen LogP contribution in [0.1, 0.15) is 60.5 Å². The van der Waals surface area contributed by atoms with Crippen molar-refractivity contribution in [3.63, 3.8) is 0 Å². The lowest BCUT2D eigenvalue weighted by Crippen LogP contribution is -2.45. The maximum Gasteiger partial charge on any atom is 0.286 e. The minimum atomic E-state index is -0.486. The fourth-order valence-corrected chi connectivity index (χ4v) is 5.45. The molecule has 1 saturated heterocycles. The van der Waals surface area contributed by atoms with Crippen LogP contribution >= 0.6 is 24.0 Å². The number of para-hydroxylation sites is 1. The summed E-state index contributed by atoms with van der Waals surface area (Å²) in [5.74, 6) is -1.10. The van der Waals surface area contributed by atoms with Gasteiger partial charge in [-0.25, -0.2) is 0 Å². The molecule has 2 aliphatic heterocycles. The third-order valence-corrected chi connectivity index (χ3v) is 7.38. The summed E-state index contributed by atoms with van der Waals surface area (Å²) in [6.45, 7) is 4.60. The van der Waals surface area contributed by atoms with Gasteiger partial charge in [0.15, 0.2) is 4.32 Å². The van der Waals surface area contributed by atoms with E-state index >= 15 is 0 Å². The Hall–Kier alpha value is -2.97. The number of unbranched alkanes of at least 4 members (excludes halogenated alkanes) is 4. The quantitative estimate of drug-likeness (QED) is 0.310. The molecule has 2 aromatic rings. The summed E-state index contributed by atoms with van der Waals surface area (Å²) in [6, 6.07) is 14.6. The lowest BCUT2D eigenvalue weighted by atomic mass is 10.1. The van der Waals surface area contributed by atoms with Gasteiger partial charge >= 0.3 is 0 Å². The van der Waals surface area contributed by atoms with Crippen molar-refractivity contribution >= 4 is 57.3 Å². The summed E-state index contributed by atoms with van der Waals surface area (Å²) < 4.78 is 0.192. The van der Waals surface area contributed by atoms with Crippen molar-refractivity contribution in [1.82, 2.24) is 10.4 Å². The molecular weight excluding hydrogens is 466 g/mol. The van der Waals surface area contributed by atoms with Gasteiger partial charge in [-0.3, -0.25) is 19.8 Å². The van der Waals surface area contributed by atoms with Crippen molar-refractivity contribution in [1.29, 1.82) is 0 Å². The van der Waals surface area contributed by atoms with E-state index in [0.29, 0.717) is 17.7 Å². The lowest BCUT2D eigenvalue weighted by Gasteiger charge is -2.17. The first-order chi connectivity index (χ1) is 16.4. The van der Waals surface area contributed by atoms with E-state index in [1.165, 1.54) is 6.42 Å². The van der Waals surface area contributed by atoms with Crippen LogP contribution in [-0.2, 0) is 9.59 Å². The fourth-order valence-electron chi connectivity index (χ4n) is 4.20. The smallest absolute Gasteiger partial charge is 0.286 e. The number of nitrogens with zero attached hydrogens (tertiary/aromatic N) is 2. The molecule has 0 spiro atoms. The Morgan fingerprint density at radius 1 is 0.971 bits per heavy atom. The van der Waals surface area contributed by atoms with E-state index < -0.39 is 11.8 Å². The molecule has 0 radical (unpaired) electrons. The maximum absolute atomic E-state index is 13.5. The third-order valence-electron chi connectivity index (χ3n) is 6.01. The van der Waals surface area contributed by atoms with Gasteiger partial charge in [-0.1, -0.05) is 80.8 Å². The highest BCUT2D eigenvalue weighted by molar-refractivity contribution is 8.26. The predicted octanol–water partition coefficient (Wildman–Crippen LogP) is 5.23. The summed E-state index contributed by atoms with van der Waals surface area (Å²) in [6.07, 6.45) is 5.46. The Labute approximate surface area is 209 Å². The number of rotatable bonds is 8. The van der Waals surface area contributed by atoms with E-state index in [4.69, 9.17) is 12.2 Å². The van der Waals surface area contributed by atoms with Crippen LogP contribution in [0, 0.1) is 6.92 Å². The number of hydrogen-bond acceptors (Lipinski definition) is 5. The van der Waals surface area contributed by atoms with E-state index in [2.05, 4.69) is 12.3 Å². The largest absolute Gasteiger partial charge is 0.308 e. The first kappa shape index (κ1) is 24.2. The summed E-state index contributed by atoms with van der Waals surface area (Å²) in [7, 11) is 0. The Kier molecular flexibility index (Phi) is 7.48. The second-order valence-corrected chi connectivity index (χ2v) is 10.0. The average Bonchev–Trinajstić information content (AvgIpc) is 3.26. The Morgan fingerprint density at radius 2 is 1.68 bits per heavy atom. The fraction of sp³-hybridized carbons (Fsp3) is 0.308. The number of amides is 3. The van der Waals surface area contributed by atoms with Crippen LogP contribution in [0.25, 0.3) is 5.57 Å². The lowest BCUT2D eigenvalue weighted by molar-refractivity contribution is -0.124. The summed E-state index contributed by atoms with van der Waals surface area (Å²) in [5, 5.41) is 1.07. The summed E-state index contributed by atoms with van der Waals surface area (Å²) >= 11 is 6.45. The number of hydrazine groups is 1. The number of thioether (sulfide) groups is 1. The van der Waals surface area contributed by atoms with Gasteiger partial charge in [-0.05, 0) is 43.3 Å². The average molecular weight is 494 g/mol. The van der Waals surface area contributed by atoms with Crippen molar-refractivity contribution in [3.8, 4) is 0 Å². The number of thiocarbonyl (C=S) groups is 1. The SMILES string of the molecule is CCCCCCCN1C(=O)/C(=C2\SC(=S)N(NC(=O)c3ccccc3C)C2=O)c2ccccc21. The number of aryl methyl sites for hydroxylation is 1. The molecule has 0 aliphatic carbocycles. The van der Waals surface area contributed by atoms with Gasteiger partial charge in [-0.2, -0.15) is 5.01 Å². The highest BCUT2D eigenvalue weighted by Gasteiger charge is 2.42. The van der Waals surface area contributed by atoms with Gasteiger partial charge in [-0.15, -0.1) is 0 Å². The Morgan fingerprint density at radius 3 is 2.44 bits per heavy atom. The molecule has 6 nitrogen and oxygen atoms in total. The molecule has 0 bridgehead atoms. The number of carbonyl (C=O) groups is 3. The minimum absolute atomic E-state index is 0.192. The van der Waals surface area contributed by atoms with Crippen LogP contribution < -0.4 is 10.3 Å². The predicted molar refractivity (Wildman–Crippen MR) is 140 cm³/mol. The van der Waals surface area contributed by atoms with Crippen molar-refractivity contribution < 1.29 is 14.4 Å². The van der Waals surface area contributed by atoms with Crippen molar-refractivity contribution in [2.75, 3.05) is 11.4 Å². The molecule has 0 aromatic heterocycles. The molecule has 2 heterocycles. The second kappa shape index (κ2) is 10.5. The first-order valence-electron chi connectivity index (χ1n) is 11.5. The van der Waals surface area contributed by atoms with E-state index in [1.807, 2.05) is 43.3 Å². The molecule has 2 aromatic carbocycles. The van der Waals surface area contributed by atoms with Crippen LogP contribution in [0.2, 0.25) is 0 Å². The second-order valence-electron chi connectivity index (χ2n) is 8.36. The molecule has 8 heteroatoms. The molecule has 0 unspecified atom stereocenters. The van der Waals surface area contributed by atoms with Crippen molar-refractivity contribution in [3.05, 3.63) is 70.1 Å². The van der Waals surface area contributed by atoms with Crippen molar-refractivity contribution in [2.24, 2.45) is 0 Å². The first-order valence-corrected chi connectivity index (χ1v) is 12.7. The number of nitrogens with one attached hydrogen (secondary N) is 1. The summed E-state index contributed by atoms with van der Waals surface area (Å²) in [4.78, 5) is 41.6. The number of benzene rings is 2. The molecule has 1 N–H and O–H groups in total. The highest BCUT2D eigenvalue weighted by Crippen LogP contribution is 2.44. The summed E-state index contributed by atoms with van der Waals surface area (Å²) in [5.41, 5.74) is 5.76. The number of carbonyl (C=O) groups excluding carboxylic acids is 3. The minimum Gasteiger partial charge on any atom is -0.308 e. The highest BCUT2D eigenvalue weighted by atomic mass is 32.2. The van der Waals surface area contributed by atoms with E-state index in [0.717, 1.165) is 59.3 Å². The number of hydrogen-bond donors (Lipinski definition) is 1. The van der Waals surface area contributed by atoms with Crippen LogP contribution in [0.4, 0.5) is 5.69 Å². The molecule has 3 amide bonds. The standard InChI is InChI=1S/C26H27N3O3S2/c1-3-4-5-6-11-16-28-20-15-10-9-14-19(20)21(24(28)31)22-25(32)29(26(33)34-22)27-23(30)18-13-8-7-12-17(18)2/h7-10,12-15H,3-6,11,16H2,1-2H3,(H,27,30)/b22-21-. The van der Waals surface area contributed by atoms with Gasteiger partial charge in [0.25, 0.3) is 17.7 Å². The van der Waals surface area contributed by atoms with E-state index in [-0.39, 0.29) is 15.1 Å².